The van der Waals surface area contributed by atoms with Crippen LogP contribution in [0.4, 0.5) is 4.39 Å². The quantitative estimate of drug-likeness (QED) is 0.868. The topological polar surface area (TPSA) is 58.6 Å². The van der Waals surface area contributed by atoms with Crippen LogP contribution in [0.3, 0.4) is 0 Å². The van der Waals surface area contributed by atoms with Crippen molar-refractivity contribution in [2.45, 2.75) is 44.2 Å². The summed E-state index contributed by atoms with van der Waals surface area (Å²) in [6.45, 7) is 0.155. The van der Waals surface area contributed by atoms with Crippen molar-refractivity contribution < 1.29 is 19.0 Å². The highest BCUT2D eigenvalue weighted by atomic mass is 19.1. The third-order valence-corrected chi connectivity index (χ3v) is 3.49. The van der Waals surface area contributed by atoms with Crippen molar-refractivity contribution in [1.82, 2.24) is 5.32 Å². The summed E-state index contributed by atoms with van der Waals surface area (Å²) in [6.07, 6.45) is 3.05. The van der Waals surface area contributed by atoms with Crippen LogP contribution >= 0.6 is 0 Å². The van der Waals surface area contributed by atoms with Gasteiger partial charge in [-0.25, -0.2) is 4.39 Å². The van der Waals surface area contributed by atoms with E-state index in [4.69, 9.17) is 4.74 Å². The molecule has 0 radical (unpaired) electrons. The number of aliphatic hydroxyl groups is 1. The number of ether oxygens (including phenoxy) is 1. The van der Waals surface area contributed by atoms with Gasteiger partial charge in [-0.05, 0) is 37.8 Å². The highest BCUT2D eigenvalue weighted by Gasteiger charge is 2.20. The molecule has 2 rings (SSSR count). The van der Waals surface area contributed by atoms with E-state index in [9.17, 15) is 14.3 Å². The smallest absolute Gasteiger partial charge is 0.223 e. The molecule has 1 aliphatic rings. The van der Waals surface area contributed by atoms with Crippen LogP contribution in [0.5, 0.6) is 5.75 Å². The first-order chi connectivity index (χ1) is 9.65. The van der Waals surface area contributed by atoms with Gasteiger partial charge in [0.1, 0.15) is 0 Å². The zero-order valence-corrected chi connectivity index (χ0v) is 11.3. The Balaban J connectivity index is 1.67. The molecule has 0 spiro atoms. The van der Waals surface area contributed by atoms with E-state index in [0.717, 1.165) is 25.7 Å². The summed E-state index contributed by atoms with van der Waals surface area (Å²) in [5, 5.41) is 12.3. The molecule has 1 fully saturated rings. The maximum Gasteiger partial charge on any atom is 0.223 e. The molecule has 110 valence electrons. The SMILES string of the molecule is O=C(CCOc1ccccc1F)NC1CCC(O)CC1. The Morgan fingerprint density at radius 2 is 2.00 bits per heavy atom. The number of amides is 1. The first-order valence-electron chi connectivity index (χ1n) is 7.00. The monoisotopic (exact) mass is 281 g/mol. The van der Waals surface area contributed by atoms with Gasteiger partial charge in [0, 0.05) is 6.04 Å². The van der Waals surface area contributed by atoms with Gasteiger partial charge in [0.15, 0.2) is 11.6 Å². The molecule has 5 heteroatoms. The molecule has 1 aromatic carbocycles. The Hall–Kier alpha value is -1.62. The third-order valence-electron chi connectivity index (χ3n) is 3.49. The van der Waals surface area contributed by atoms with E-state index < -0.39 is 5.82 Å². The Labute approximate surface area is 117 Å². The maximum atomic E-state index is 13.3. The number of halogens is 1. The second kappa shape index (κ2) is 7.24. The highest BCUT2D eigenvalue weighted by molar-refractivity contribution is 5.76. The molecule has 2 N–H and O–H groups in total. The average molecular weight is 281 g/mol. The lowest BCUT2D eigenvalue weighted by Gasteiger charge is -2.26. The van der Waals surface area contributed by atoms with Gasteiger partial charge in [0.25, 0.3) is 0 Å². The number of nitrogens with one attached hydrogen (secondary N) is 1. The van der Waals surface area contributed by atoms with Crippen LogP contribution in [0.15, 0.2) is 24.3 Å². The minimum absolute atomic E-state index is 0.0947. The lowest BCUT2D eigenvalue weighted by Crippen LogP contribution is -2.39. The average Bonchev–Trinajstić information content (AvgIpc) is 2.43. The zero-order valence-electron chi connectivity index (χ0n) is 11.3. The van der Waals surface area contributed by atoms with Gasteiger partial charge in [0.05, 0.1) is 19.1 Å². The van der Waals surface area contributed by atoms with Gasteiger partial charge in [0.2, 0.25) is 5.91 Å². The van der Waals surface area contributed by atoms with E-state index in [1.165, 1.54) is 12.1 Å². The lowest BCUT2D eigenvalue weighted by molar-refractivity contribution is -0.122. The van der Waals surface area contributed by atoms with Gasteiger partial charge in [-0.2, -0.15) is 0 Å². The third kappa shape index (κ3) is 4.49. The first kappa shape index (κ1) is 14.8. The summed E-state index contributed by atoms with van der Waals surface area (Å²) >= 11 is 0. The minimum Gasteiger partial charge on any atom is -0.490 e. The van der Waals surface area contributed by atoms with Crippen molar-refractivity contribution >= 4 is 5.91 Å². The molecule has 0 saturated heterocycles. The first-order valence-corrected chi connectivity index (χ1v) is 7.00. The molecule has 20 heavy (non-hydrogen) atoms. The summed E-state index contributed by atoms with van der Waals surface area (Å²) in [6, 6.07) is 6.27. The van der Waals surface area contributed by atoms with E-state index in [-0.39, 0.29) is 36.8 Å². The normalized spacial score (nSPS) is 22.3. The van der Waals surface area contributed by atoms with Gasteiger partial charge < -0.3 is 15.2 Å². The minimum atomic E-state index is -0.422. The number of aliphatic hydroxyl groups excluding tert-OH is 1. The predicted molar refractivity (Wildman–Crippen MR) is 72.9 cm³/mol. The van der Waals surface area contributed by atoms with Gasteiger partial charge in [-0.1, -0.05) is 12.1 Å². The van der Waals surface area contributed by atoms with E-state index in [0.29, 0.717) is 0 Å². The number of para-hydroxylation sites is 1. The largest absolute Gasteiger partial charge is 0.490 e. The molecule has 0 aromatic heterocycles. The lowest BCUT2D eigenvalue weighted by atomic mass is 9.93. The molecule has 1 amide bonds. The Kier molecular flexibility index (Phi) is 5.35. The summed E-state index contributed by atoms with van der Waals surface area (Å²) in [5.41, 5.74) is 0. The number of hydrogen-bond acceptors (Lipinski definition) is 3. The maximum absolute atomic E-state index is 13.3. The standard InChI is InChI=1S/C15H20FNO3/c16-13-3-1-2-4-14(13)20-10-9-15(19)17-11-5-7-12(18)8-6-11/h1-4,11-12,18H,5-10H2,(H,17,19). The second-order valence-corrected chi connectivity index (χ2v) is 5.10. The fraction of sp³-hybridized carbons (Fsp3) is 0.533. The van der Waals surface area contributed by atoms with Gasteiger partial charge >= 0.3 is 0 Å². The number of carbonyl (C=O) groups is 1. The van der Waals surface area contributed by atoms with Gasteiger partial charge in [-0.15, -0.1) is 0 Å². The fourth-order valence-corrected chi connectivity index (χ4v) is 2.34. The van der Waals surface area contributed by atoms with Crippen molar-refractivity contribution in [2.24, 2.45) is 0 Å². The molecular formula is C15H20FNO3. The number of rotatable bonds is 5. The van der Waals surface area contributed by atoms with Crippen molar-refractivity contribution in [3.8, 4) is 5.75 Å². The number of carbonyl (C=O) groups excluding carboxylic acids is 1. The summed E-state index contributed by atoms with van der Waals surface area (Å²) in [5.74, 6) is -0.349. The number of benzene rings is 1. The summed E-state index contributed by atoms with van der Waals surface area (Å²) in [7, 11) is 0. The fourth-order valence-electron chi connectivity index (χ4n) is 2.34. The van der Waals surface area contributed by atoms with E-state index >= 15 is 0 Å². The Bertz CT molecular complexity index is 444. The van der Waals surface area contributed by atoms with Crippen LogP contribution < -0.4 is 10.1 Å². The molecule has 1 aliphatic carbocycles. The van der Waals surface area contributed by atoms with Crippen molar-refractivity contribution in [3.05, 3.63) is 30.1 Å². The van der Waals surface area contributed by atoms with Crippen LogP contribution in [0.1, 0.15) is 32.1 Å². The molecule has 1 aromatic rings. The number of hydrogen-bond donors (Lipinski definition) is 2. The zero-order chi connectivity index (χ0) is 14.4. The second-order valence-electron chi connectivity index (χ2n) is 5.10. The molecule has 4 nitrogen and oxygen atoms in total. The molecular weight excluding hydrogens is 261 g/mol. The van der Waals surface area contributed by atoms with E-state index in [1.54, 1.807) is 12.1 Å². The molecule has 0 heterocycles. The van der Waals surface area contributed by atoms with Crippen LogP contribution in [-0.4, -0.2) is 29.8 Å². The van der Waals surface area contributed by atoms with Crippen LogP contribution in [0.2, 0.25) is 0 Å². The summed E-state index contributed by atoms with van der Waals surface area (Å²) < 4.78 is 18.5. The molecule has 0 aliphatic heterocycles. The van der Waals surface area contributed by atoms with Crippen molar-refractivity contribution in [3.63, 3.8) is 0 Å². The van der Waals surface area contributed by atoms with E-state index in [1.807, 2.05) is 0 Å². The molecule has 0 atom stereocenters. The predicted octanol–water partition coefficient (Wildman–Crippen LogP) is 2.01. The highest BCUT2D eigenvalue weighted by Crippen LogP contribution is 2.18. The van der Waals surface area contributed by atoms with E-state index in [2.05, 4.69) is 5.32 Å². The van der Waals surface area contributed by atoms with Crippen molar-refractivity contribution in [1.29, 1.82) is 0 Å². The Morgan fingerprint density at radius 3 is 2.70 bits per heavy atom. The summed E-state index contributed by atoms with van der Waals surface area (Å²) in [4.78, 5) is 11.7. The molecule has 1 saturated carbocycles. The molecule has 0 unspecified atom stereocenters. The van der Waals surface area contributed by atoms with Crippen molar-refractivity contribution in [2.75, 3.05) is 6.61 Å². The molecule has 0 bridgehead atoms. The van der Waals surface area contributed by atoms with Crippen LogP contribution in [-0.2, 0) is 4.79 Å². The Morgan fingerprint density at radius 1 is 1.30 bits per heavy atom. The van der Waals surface area contributed by atoms with Crippen LogP contribution in [0.25, 0.3) is 0 Å². The van der Waals surface area contributed by atoms with Gasteiger partial charge in [-0.3, -0.25) is 4.79 Å². The van der Waals surface area contributed by atoms with Crippen LogP contribution in [0, 0.1) is 5.82 Å².